The van der Waals surface area contributed by atoms with E-state index in [1.165, 1.54) is 12.8 Å². The lowest BCUT2D eigenvalue weighted by Crippen LogP contribution is -2.50. The molecule has 0 aromatic carbocycles. The molecule has 1 aliphatic rings. The summed E-state index contributed by atoms with van der Waals surface area (Å²) in [5.74, 6) is 0.693. The molecule has 5 heteroatoms. The second-order valence-electron chi connectivity index (χ2n) is 6.06. The number of hydrogen-bond acceptors (Lipinski definition) is 2. The van der Waals surface area contributed by atoms with Gasteiger partial charge < -0.3 is 5.73 Å². The van der Waals surface area contributed by atoms with E-state index in [1.54, 1.807) is 0 Å². The van der Waals surface area contributed by atoms with Crippen LogP contribution < -0.4 is 5.73 Å². The quantitative estimate of drug-likeness (QED) is 0.772. The van der Waals surface area contributed by atoms with Gasteiger partial charge in [0.05, 0.1) is 0 Å². The summed E-state index contributed by atoms with van der Waals surface area (Å²) in [4.78, 5) is 2.31. The van der Waals surface area contributed by atoms with Gasteiger partial charge in [0.1, 0.15) is 0 Å². The van der Waals surface area contributed by atoms with E-state index in [0.29, 0.717) is 18.9 Å². The molecule has 0 spiro atoms. The fraction of sp³-hybridized carbons (Fsp3) is 1.00. The molecular formula is C14H27F3N2. The molecular weight excluding hydrogens is 253 g/mol. The molecule has 1 fully saturated rings. The maximum Gasteiger partial charge on any atom is 0.389 e. The molecule has 1 heterocycles. The summed E-state index contributed by atoms with van der Waals surface area (Å²) in [5, 5.41) is 0. The molecule has 2 atom stereocenters. The molecule has 1 rings (SSSR count). The topological polar surface area (TPSA) is 29.3 Å². The minimum absolute atomic E-state index is 0.173. The van der Waals surface area contributed by atoms with Crippen molar-refractivity contribution in [2.45, 2.75) is 64.1 Å². The van der Waals surface area contributed by atoms with E-state index < -0.39 is 12.6 Å². The number of nitrogens with zero attached hydrogens (tertiary/aromatic N) is 1. The molecule has 114 valence electrons. The summed E-state index contributed by atoms with van der Waals surface area (Å²) in [6.07, 6.45) is -0.512. The standard InChI is InChI=1S/C14H27F3N2/c1-3-5-12-6-9-19(10-12)13(2,11-18)7-4-8-14(15,16)17/h12H,3-11,18H2,1-2H3. The Morgan fingerprint density at radius 2 is 1.95 bits per heavy atom. The number of rotatable bonds is 7. The fourth-order valence-corrected chi connectivity index (χ4v) is 3.03. The van der Waals surface area contributed by atoms with Gasteiger partial charge >= 0.3 is 6.18 Å². The molecule has 2 unspecified atom stereocenters. The third-order valence-corrected chi connectivity index (χ3v) is 4.36. The molecule has 2 N–H and O–H groups in total. The van der Waals surface area contributed by atoms with Crippen LogP contribution in [0.2, 0.25) is 0 Å². The molecule has 0 aliphatic carbocycles. The van der Waals surface area contributed by atoms with Crippen molar-refractivity contribution >= 4 is 0 Å². The van der Waals surface area contributed by atoms with Gasteiger partial charge in [0.2, 0.25) is 0 Å². The van der Waals surface area contributed by atoms with Crippen molar-refractivity contribution < 1.29 is 13.2 Å². The van der Waals surface area contributed by atoms with E-state index in [1.807, 2.05) is 6.92 Å². The minimum Gasteiger partial charge on any atom is -0.329 e. The van der Waals surface area contributed by atoms with Crippen LogP contribution in [0.3, 0.4) is 0 Å². The van der Waals surface area contributed by atoms with Gasteiger partial charge in [0.15, 0.2) is 0 Å². The maximum absolute atomic E-state index is 12.2. The SMILES string of the molecule is CCCC1CCN(C(C)(CN)CCCC(F)(F)F)C1. The number of alkyl halides is 3. The Kier molecular flexibility index (Phi) is 6.12. The summed E-state index contributed by atoms with van der Waals surface area (Å²) in [7, 11) is 0. The second kappa shape index (κ2) is 6.93. The predicted molar refractivity (Wildman–Crippen MR) is 72.0 cm³/mol. The maximum atomic E-state index is 12.2. The summed E-state index contributed by atoms with van der Waals surface area (Å²) in [6.45, 7) is 6.59. The molecule has 0 amide bonds. The molecule has 0 saturated carbocycles. The van der Waals surface area contributed by atoms with Crippen LogP contribution in [0, 0.1) is 5.92 Å². The van der Waals surface area contributed by atoms with Gasteiger partial charge in [-0.25, -0.2) is 0 Å². The summed E-state index contributed by atoms with van der Waals surface area (Å²) in [5.41, 5.74) is 5.56. The Hall–Kier alpha value is -0.290. The lowest BCUT2D eigenvalue weighted by atomic mass is 9.92. The number of hydrogen-bond donors (Lipinski definition) is 1. The van der Waals surface area contributed by atoms with Crippen molar-refractivity contribution in [3.8, 4) is 0 Å². The Morgan fingerprint density at radius 3 is 2.47 bits per heavy atom. The zero-order chi connectivity index (χ0) is 14.5. The van der Waals surface area contributed by atoms with Crippen LogP contribution in [0.25, 0.3) is 0 Å². The first-order valence-electron chi connectivity index (χ1n) is 7.32. The van der Waals surface area contributed by atoms with Crippen molar-refractivity contribution in [1.29, 1.82) is 0 Å². The van der Waals surface area contributed by atoms with E-state index in [9.17, 15) is 13.2 Å². The van der Waals surface area contributed by atoms with Crippen LogP contribution in [-0.4, -0.2) is 36.2 Å². The fourth-order valence-electron chi connectivity index (χ4n) is 3.03. The average molecular weight is 280 g/mol. The monoisotopic (exact) mass is 280 g/mol. The Labute approximate surface area is 114 Å². The molecule has 0 bridgehead atoms. The van der Waals surface area contributed by atoms with Crippen LogP contribution >= 0.6 is 0 Å². The number of halogens is 3. The first-order chi connectivity index (χ1) is 8.80. The summed E-state index contributed by atoms with van der Waals surface area (Å²) < 4.78 is 36.7. The molecule has 0 aromatic rings. The van der Waals surface area contributed by atoms with Gasteiger partial charge in [-0.3, -0.25) is 4.90 Å². The van der Waals surface area contributed by atoms with Crippen molar-refractivity contribution in [3.63, 3.8) is 0 Å². The highest BCUT2D eigenvalue weighted by atomic mass is 19.4. The van der Waals surface area contributed by atoms with Gasteiger partial charge in [-0.05, 0) is 45.1 Å². The average Bonchev–Trinajstić information content (AvgIpc) is 2.77. The van der Waals surface area contributed by atoms with Gasteiger partial charge in [0.25, 0.3) is 0 Å². The van der Waals surface area contributed by atoms with Gasteiger partial charge in [-0.2, -0.15) is 13.2 Å². The second-order valence-corrected chi connectivity index (χ2v) is 6.06. The zero-order valence-electron chi connectivity index (χ0n) is 12.1. The lowest BCUT2D eigenvalue weighted by Gasteiger charge is -2.38. The largest absolute Gasteiger partial charge is 0.389 e. The highest BCUT2D eigenvalue weighted by Gasteiger charge is 2.36. The van der Waals surface area contributed by atoms with E-state index in [0.717, 1.165) is 19.5 Å². The van der Waals surface area contributed by atoms with Crippen LogP contribution in [0.4, 0.5) is 13.2 Å². The highest BCUT2D eigenvalue weighted by molar-refractivity contribution is 4.92. The first-order valence-corrected chi connectivity index (χ1v) is 7.32. The first kappa shape index (κ1) is 16.8. The van der Waals surface area contributed by atoms with Crippen molar-refractivity contribution in [2.75, 3.05) is 19.6 Å². The third kappa shape index (κ3) is 5.30. The molecule has 0 aromatic heterocycles. The van der Waals surface area contributed by atoms with Crippen LogP contribution in [0.5, 0.6) is 0 Å². The van der Waals surface area contributed by atoms with Gasteiger partial charge in [0, 0.05) is 25.0 Å². The molecule has 0 radical (unpaired) electrons. The normalized spacial score (nSPS) is 24.6. The Morgan fingerprint density at radius 1 is 1.26 bits per heavy atom. The molecule has 19 heavy (non-hydrogen) atoms. The highest BCUT2D eigenvalue weighted by Crippen LogP contribution is 2.32. The molecule has 1 aliphatic heterocycles. The number of likely N-dealkylation sites (tertiary alicyclic amines) is 1. The lowest BCUT2D eigenvalue weighted by molar-refractivity contribution is -0.136. The Bertz CT molecular complexity index is 268. The van der Waals surface area contributed by atoms with E-state index in [4.69, 9.17) is 5.73 Å². The van der Waals surface area contributed by atoms with E-state index in [2.05, 4.69) is 11.8 Å². The van der Waals surface area contributed by atoms with Crippen molar-refractivity contribution in [2.24, 2.45) is 11.7 Å². The van der Waals surface area contributed by atoms with E-state index in [-0.39, 0.29) is 12.0 Å². The number of nitrogens with two attached hydrogens (primary N) is 1. The molecule has 2 nitrogen and oxygen atoms in total. The van der Waals surface area contributed by atoms with Crippen LogP contribution in [0.1, 0.15) is 52.4 Å². The van der Waals surface area contributed by atoms with Gasteiger partial charge in [-0.1, -0.05) is 13.3 Å². The van der Waals surface area contributed by atoms with Crippen molar-refractivity contribution in [3.05, 3.63) is 0 Å². The minimum atomic E-state index is -4.05. The van der Waals surface area contributed by atoms with Crippen LogP contribution in [0.15, 0.2) is 0 Å². The summed E-state index contributed by atoms with van der Waals surface area (Å²) in [6, 6.07) is 0. The van der Waals surface area contributed by atoms with Gasteiger partial charge in [-0.15, -0.1) is 0 Å². The molecule has 1 saturated heterocycles. The van der Waals surface area contributed by atoms with Crippen molar-refractivity contribution in [1.82, 2.24) is 4.90 Å². The van der Waals surface area contributed by atoms with E-state index >= 15 is 0 Å². The smallest absolute Gasteiger partial charge is 0.329 e. The zero-order valence-corrected chi connectivity index (χ0v) is 12.1. The predicted octanol–water partition coefficient (Wildman–Crippen LogP) is 3.56. The van der Waals surface area contributed by atoms with Crippen LogP contribution in [-0.2, 0) is 0 Å². The Balaban J connectivity index is 2.46. The summed E-state index contributed by atoms with van der Waals surface area (Å²) >= 11 is 0. The third-order valence-electron chi connectivity index (χ3n) is 4.36.